The number of methoxy groups -OCH3 is 1. The zero-order chi connectivity index (χ0) is 41.6. The van der Waals surface area contributed by atoms with Crippen LogP contribution in [-0.2, 0) is 39.6 Å². The third-order valence-corrected chi connectivity index (χ3v) is 11.3. The first-order valence-electron chi connectivity index (χ1n) is 20.7. The quantitative estimate of drug-likeness (QED) is 0.0921. The van der Waals surface area contributed by atoms with Gasteiger partial charge in [0.25, 0.3) is 0 Å². The Kier molecular flexibility index (Phi) is 17.2. The average Bonchev–Trinajstić information content (AvgIpc) is 3.92. The number of rotatable bonds is 23. The summed E-state index contributed by atoms with van der Waals surface area (Å²) < 4.78 is 32.7. The fourth-order valence-electron chi connectivity index (χ4n) is 7.60. The van der Waals surface area contributed by atoms with Crippen LogP contribution in [0, 0.1) is 20.8 Å². The highest BCUT2D eigenvalue weighted by atomic mass is 16.6. The van der Waals surface area contributed by atoms with Crippen LogP contribution in [0.3, 0.4) is 0 Å². The van der Waals surface area contributed by atoms with Gasteiger partial charge in [0.2, 0.25) is 5.91 Å². The van der Waals surface area contributed by atoms with Crippen LogP contribution in [0.15, 0.2) is 24.8 Å². The van der Waals surface area contributed by atoms with E-state index in [1.165, 1.54) is 11.1 Å². The number of hydrogen-bond donors (Lipinski definition) is 2. The van der Waals surface area contributed by atoms with E-state index in [2.05, 4.69) is 82.4 Å². The molecular weight excluding hydrogens is 735 g/mol. The van der Waals surface area contributed by atoms with Crippen LogP contribution in [0.4, 0.5) is 0 Å². The number of amides is 1. The number of aromatic nitrogens is 4. The van der Waals surface area contributed by atoms with Gasteiger partial charge in [-0.25, -0.2) is 4.98 Å². The fourth-order valence-corrected chi connectivity index (χ4v) is 7.60. The van der Waals surface area contributed by atoms with Crippen LogP contribution in [0.1, 0.15) is 96.0 Å². The number of aromatic amines is 2. The Morgan fingerprint density at radius 3 is 1.97 bits per heavy atom. The summed E-state index contributed by atoms with van der Waals surface area (Å²) in [5.41, 5.74) is 14.9. The molecule has 0 radical (unpaired) electrons. The molecular formula is C46H65N5O7. The second-order valence-electron chi connectivity index (χ2n) is 15.1. The zero-order valence-electron chi connectivity index (χ0n) is 36.1. The second-order valence-corrected chi connectivity index (χ2v) is 15.1. The number of allylic oxidation sites excluding steroid dienone is 1. The second kappa shape index (κ2) is 22.3. The highest BCUT2D eigenvalue weighted by Crippen LogP contribution is 2.42. The lowest BCUT2D eigenvalue weighted by Gasteiger charge is -2.21. The minimum absolute atomic E-state index is 0.0551. The van der Waals surface area contributed by atoms with E-state index in [0.29, 0.717) is 92.1 Å². The summed E-state index contributed by atoms with van der Waals surface area (Å²) in [5, 5.41) is 0. The molecule has 0 saturated heterocycles. The fraction of sp³-hybridized carbons (Fsp3) is 0.543. The predicted octanol–water partition coefficient (Wildman–Crippen LogP) is 7.86. The van der Waals surface area contributed by atoms with Crippen molar-refractivity contribution >= 4 is 45.7 Å². The van der Waals surface area contributed by atoms with E-state index in [9.17, 15) is 4.79 Å². The van der Waals surface area contributed by atoms with Gasteiger partial charge in [-0.05, 0) is 92.6 Å². The van der Waals surface area contributed by atoms with Crippen LogP contribution in [0.25, 0.3) is 39.8 Å². The summed E-state index contributed by atoms with van der Waals surface area (Å²) in [6, 6.07) is 6.54. The van der Waals surface area contributed by atoms with Crippen LogP contribution in [0.5, 0.6) is 0 Å². The van der Waals surface area contributed by atoms with Gasteiger partial charge >= 0.3 is 0 Å². The molecule has 8 bridgehead atoms. The summed E-state index contributed by atoms with van der Waals surface area (Å²) in [6.45, 7) is 23.2. The van der Waals surface area contributed by atoms with Crippen molar-refractivity contribution < 1.29 is 33.2 Å². The van der Waals surface area contributed by atoms with Crippen LogP contribution in [0.2, 0.25) is 0 Å². The zero-order valence-corrected chi connectivity index (χ0v) is 36.1. The van der Waals surface area contributed by atoms with Crippen molar-refractivity contribution in [3.05, 3.63) is 75.4 Å². The van der Waals surface area contributed by atoms with Crippen molar-refractivity contribution in [2.45, 2.75) is 72.6 Å². The van der Waals surface area contributed by atoms with E-state index in [1.807, 2.05) is 13.1 Å². The van der Waals surface area contributed by atoms with Gasteiger partial charge in [-0.3, -0.25) is 9.78 Å². The van der Waals surface area contributed by atoms with Gasteiger partial charge in [-0.2, -0.15) is 0 Å². The predicted molar refractivity (Wildman–Crippen MR) is 232 cm³/mol. The van der Waals surface area contributed by atoms with Crippen LogP contribution >= 0.6 is 0 Å². The van der Waals surface area contributed by atoms with Gasteiger partial charge in [0.15, 0.2) is 0 Å². The first kappa shape index (κ1) is 44.9. The van der Waals surface area contributed by atoms with E-state index in [1.54, 1.807) is 12.0 Å². The Bertz CT molecular complexity index is 2050. The van der Waals surface area contributed by atoms with Gasteiger partial charge in [0.05, 0.1) is 84.1 Å². The van der Waals surface area contributed by atoms with Gasteiger partial charge in [-0.1, -0.05) is 26.5 Å². The smallest absolute Gasteiger partial charge is 0.222 e. The van der Waals surface area contributed by atoms with Gasteiger partial charge in [-0.15, -0.1) is 0 Å². The summed E-state index contributed by atoms with van der Waals surface area (Å²) in [7, 11) is 3.49. The molecule has 0 aliphatic carbocycles. The summed E-state index contributed by atoms with van der Waals surface area (Å²) in [5.74, 6) is 0.239. The Hall–Kier alpha value is -4.17. The highest BCUT2D eigenvalue weighted by Gasteiger charge is 2.32. The van der Waals surface area contributed by atoms with Crippen LogP contribution < -0.4 is 0 Å². The molecule has 12 nitrogen and oxygen atoms in total. The maximum absolute atomic E-state index is 13.4. The molecule has 2 aliphatic heterocycles. The van der Waals surface area contributed by atoms with Crippen molar-refractivity contribution in [1.29, 1.82) is 0 Å². The molecule has 2 N–H and O–H groups in total. The topological polar surface area (TPSA) is 133 Å². The molecule has 1 amide bonds. The molecule has 316 valence electrons. The third-order valence-electron chi connectivity index (χ3n) is 11.3. The van der Waals surface area contributed by atoms with Crippen molar-refractivity contribution in [2.75, 3.05) is 93.4 Å². The molecule has 5 rings (SSSR count). The number of nitrogens with one attached hydrogen (secondary N) is 2. The first-order valence-corrected chi connectivity index (χ1v) is 20.7. The number of H-pyrrole nitrogens is 2. The number of carbonyl (C=O) groups is 1. The minimum atomic E-state index is 0.0551. The Morgan fingerprint density at radius 2 is 1.36 bits per heavy atom. The number of fused-ring (bicyclic) bond motifs is 8. The molecule has 2 aliphatic rings. The van der Waals surface area contributed by atoms with Crippen molar-refractivity contribution in [3.8, 4) is 0 Å². The number of nitrogens with zero attached hydrogens (tertiary/aromatic N) is 3. The molecule has 0 spiro atoms. The Morgan fingerprint density at radius 1 is 0.776 bits per heavy atom. The molecule has 0 saturated carbocycles. The number of aryl methyl sites for hydroxylation is 3. The number of likely N-dealkylation sites (N-methyl/N-ethyl adjacent to an activating group) is 1. The molecule has 12 heteroatoms. The van der Waals surface area contributed by atoms with Crippen molar-refractivity contribution in [2.24, 2.45) is 0 Å². The highest BCUT2D eigenvalue weighted by molar-refractivity contribution is 5.86. The first-order chi connectivity index (χ1) is 28.1. The van der Waals surface area contributed by atoms with E-state index in [4.69, 9.17) is 38.4 Å². The lowest BCUT2D eigenvalue weighted by Crippen LogP contribution is -2.30. The van der Waals surface area contributed by atoms with Gasteiger partial charge in [0, 0.05) is 78.0 Å². The molecule has 0 fully saturated rings. The lowest BCUT2D eigenvalue weighted by atomic mass is 9.85. The van der Waals surface area contributed by atoms with E-state index in [-0.39, 0.29) is 17.7 Å². The summed E-state index contributed by atoms with van der Waals surface area (Å²) in [6.07, 6.45) is 6.07. The van der Waals surface area contributed by atoms with Gasteiger partial charge < -0.3 is 43.3 Å². The maximum atomic E-state index is 13.4. The van der Waals surface area contributed by atoms with Crippen LogP contribution in [-0.4, -0.2) is 124 Å². The summed E-state index contributed by atoms with van der Waals surface area (Å²) in [4.78, 5) is 33.0. The van der Waals surface area contributed by atoms with Gasteiger partial charge in [0.1, 0.15) is 0 Å². The van der Waals surface area contributed by atoms with E-state index >= 15 is 0 Å². The van der Waals surface area contributed by atoms with E-state index < -0.39 is 0 Å². The molecule has 58 heavy (non-hydrogen) atoms. The van der Waals surface area contributed by atoms with Crippen molar-refractivity contribution in [1.82, 2.24) is 24.8 Å². The Balaban J connectivity index is 1.19. The Labute approximate surface area is 344 Å². The molecule has 2 atom stereocenters. The lowest BCUT2D eigenvalue weighted by molar-refractivity contribution is -0.130. The molecule has 5 heterocycles. The minimum Gasteiger partial charge on any atom is -0.382 e. The maximum Gasteiger partial charge on any atom is 0.222 e. The molecule has 0 aromatic carbocycles. The number of carbonyl (C=O) groups excluding carboxylic acids is 1. The number of hydrogen-bond acceptors (Lipinski definition) is 9. The monoisotopic (exact) mass is 799 g/mol. The molecule has 3 aromatic heterocycles. The number of ether oxygens (including phenoxy) is 6. The SMILES string of the molecule is C=Cc1c(C)c2cc3nc(c(C)c4nc(cc5[nH]c(cc1[nH]2)c(C)c5CC)C(C)=C4)[C@@H](CCC(=O)N(C)CCOCCOCCOCCOCCOCCOC)[C@@H]3C. The standard InChI is InChI=1S/C46H65N5O7/c1-10-35-32(5)41-29-44-36(11-2)31(4)40(48-44)28-42-33(6)37(46(50-42)34(7)39-26-30(3)38(47-39)27-43(35)49-41)12-13-45(52)51(8)14-15-54-18-19-56-22-23-58-25-24-57-21-20-55-17-16-53-9/h11,26-29,33,37,48-49H,2,10,12-25H2,1,3-9H3/t33-,37-/m0/s1. The summed E-state index contributed by atoms with van der Waals surface area (Å²) >= 11 is 0. The largest absolute Gasteiger partial charge is 0.382 e. The molecule has 3 aromatic rings. The normalized spacial score (nSPS) is 15.2. The molecule has 0 unspecified atom stereocenters. The third kappa shape index (κ3) is 11.5. The van der Waals surface area contributed by atoms with Crippen molar-refractivity contribution in [3.63, 3.8) is 0 Å². The van der Waals surface area contributed by atoms with E-state index in [0.717, 1.165) is 73.5 Å². The average molecular weight is 800 g/mol.